The van der Waals surface area contributed by atoms with Gasteiger partial charge in [0.25, 0.3) is 0 Å². The molecular weight excluding hydrogens is 236 g/mol. The van der Waals surface area contributed by atoms with Gasteiger partial charge in [0, 0.05) is 19.1 Å². The monoisotopic (exact) mass is 254 g/mol. The Morgan fingerprint density at radius 1 is 1.29 bits per heavy atom. The molecule has 0 heterocycles. The minimum atomic E-state index is -3.35. The summed E-state index contributed by atoms with van der Waals surface area (Å²) in [6.07, 6.45) is 2.43. The molecule has 4 nitrogen and oxygen atoms in total. The second-order valence-corrected chi connectivity index (χ2v) is 6.21. The van der Waals surface area contributed by atoms with E-state index >= 15 is 0 Å². The van der Waals surface area contributed by atoms with Gasteiger partial charge in [0.15, 0.2) is 0 Å². The first-order valence-electron chi connectivity index (χ1n) is 5.88. The summed E-state index contributed by atoms with van der Waals surface area (Å²) in [6.45, 7) is 3.01. The molecule has 2 rings (SSSR count). The van der Waals surface area contributed by atoms with Crippen LogP contribution in [0, 0.1) is 6.92 Å². The summed E-state index contributed by atoms with van der Waals surface area (Å²) in [5.74, 6) is 0. The first-order chi connectivity index (χ1) is 8.08. The molecule has 0 spiro atoms. The predicted octanol–water partition coefficient (Wildman–Crippen LogP) is 1.03. The van der Waals surface area contributed by atoms with E-state index in [-0.39, 0.29) is 0 Å². The summed E-state index contributed by atoms with van der Waals surface area (Å²) < 4.78 is 26.4. The van der Waals surface area contributed by atoms with Crippen LogP contribution in [0.2, 0.25) is 0 Å². The second kappa shape index (κ2) is 5.16. The molecule has 0 bridgehead atoms. The second-order valence-electron chi connectivity index (χ2n) is 4.44. The van der Waals surface area contributed by atoms with Gasteiger partial charge in [-0.25, -0.2) is 13.1 Å². The lowest BCUT2D eigenvalue weighted by molar-refractivity contribution is 0.575. The van der Waals surface area contributed by atoms with Crippen molar-refractivity contribution in [1.29, 1.82) is 0 Å². The Hall–Kier alpha value is -0.910. The molecule has 1 saturated carbocycles. The van der Waals surface area contributed by atoms with Crippen LogP contribution in [-0.2, 0) is 10.0 Å². The van der Waals surface area contributed by atoms with Crippen LogP contribution >= 0.6 is 0 Å². The van der Waals surface area contributed by atoms with E-state index in [1.54, 1.807) is 18.2 Å². The average molecular weight is 254 g/mol. The van der Waals surface area contributed by atoms with Crippen molar-refractivity contribution < 1.29 is 8.42 Å². The smallest absolute Gasteiger partial charge is 0.240 e. The molecule has 0 aromatic heterocycles. The Morgan fingerprint density at radius 3 is 2.71 bits per heavy atom. The third kappa shape index (κ3) is 3.80. The lowest BCUT2D eigenvalue weighted by atomic mass is 10.2. The van der Waals surface area contributed by atoms with E-state index in [0.717, 1.165) is 5.56 Å². The maximum absolute atomic E-state index is 11.9. The zero-order valence-electron chi connectivity index (χ0n) is 9.94. The van der Waals surface area contributed by atoms with E-state index in [1.165, 1.54) is 12.8 Å². The maximum atomic E-state index is 11.9. The van der Waals surface area contributed by atoms with Crippen molar-refractivity contribution in [3.8, 4) is 0 Å². The molecule has 94 valence electrons. The summed E-state index contributed by atoms with van der Waals surface area (Å²) in [5, 5.41) is 3.27. The van der Waals surface area contributed by atoms with Crippen LogP contribution in [0.4, 0.5) is 0 Å². The van der Waals surface area contributed by atoms with Gasteiger partial charge in [-0.05, 0) is 37.5 Å². The molecule has 0 amide bonds. The van der Waals surface area contributed by atoms with Gasteiger partial charge >= 0.3 is 0 Å². The lowest BCUT2D eigenvalue weighted by Gasteiger charge is -2.07. The third-order valence-corrected chi connectivity index (χ3v) is 4.19. The van der Waals surface area contributed by atoms with Crippen LogP contribution in [0.5, 0.6) is 0 Å². The predicted molar refractivity (Wildman–Crippen MR) is 67.4 cm³/mol. The molecule has 1 aliphatic rings. The molecule has 0 radical (unpaired) electrons. The van der Waals surface area contributed by atoms with Crippen LogP contribution in [0.3, 0.4) is 0 Å². The first kappa shape index (κ1) is 12.5. The highest BCUT2D eigenvalue weighted by atomic mass is 32.2. The number of sulfonamides is 1. The molecule has 0 atom stereocenters. The molecule has 1 fully saturated rings. The summed E-state index contributed by atoms with van der Waals surface area (Å²) in [4.78, 5) is 0.337. The number of rotatable bonds is 6. The molecule has 1 aromatic carbocycles. The quantitative estimate of drug-likeness (QED) is 0.745. The maximum Gasteiger partial charge on any atom is 0.240 e. The number of aryl methyl sites for hydroxylation is 1. The van der Waals surface area contributed by atoms with E-state index < -0.39 is 10.0 Å². The van der Waals surface area contributed by atoms with E-state index in [4.69, 9.17) is 0 Å². The van der Waals surface area contributed by atoms with Gasteiger partial charge in [0.1, 0.15) is 0 Å². The number of benzene rings is 1. The Balaban J connectivity index is 1.88. The van der Waals surface area contributed by atoms with E-state index in [1.807, 2.05) is 13.0 Å². The molecule has 1 aliphatic carbocycles. The van der Waals surface area contributed by atoms with Gasteiger partial charge in [-0.2, -0.15) is 0 Å². The number of hydrogen-bond donors (Lipinski definition) is 2. The highest BCUT2D eigenvalue weighted by Crippen LogP contribution is 2.17. The topological polar surface area (TPSA) is 58.2 Å². The zero-order valence-corrected chi connectivity index (χ0v) is 10.8. The summed E-state index contributed by atoms with van der Waals surface area (Å²) in [5.41, 5.74) is 0.948. The molecule has 5 heteroatoms. The van der Waals surface area contributed by atoms with Gasteiger partial charge in [0.2, 0.25) is 10.0 Å². The fourth-order valence-corrected chi connectivity index (χ4v) is 2.75. The van der Waals surface area contributed by atoms with Crippen LogP contribution in [-0.4, -0.2) is 27.5 Å². The van der Waals surface area contributed by atoms with Crippen LogP contribution < -0.4 is 10.0 Å². The Labute approximate surface area is 102 Å². The SMILES string of the molecule is Cc1cccc(S(=O)(=O)NCCNC2CC2)c1. The van der Waals surface area contributed by atoms with Crippen molar-refractivity contribution in [2.75, 3.05) is 13.1 Å². The van der Waals surface area contributed by atoms with Crippen LogP contribution in [0.25, 0.3) is 0 Å². The van der Waals surface area contributed by atoms with E-state index in [9.17, 15) is 8.42 Å². The molecular formula is C12H18N2O2S. The molecule has 0 unspecified atom stereocenters. The summed E-state index contributed by atoms with van der Waals surface area (Å²) >= 11 is 0. The van der Waals surface area contributed by atoms with Crippen molar-refractivity contribution in [2.24, 2.45) is 0 Å². The minimum Gasteiger partial charge on any atom is -0.313 e. The Morgan fingerprint density at radius 2 is 2.06 bits per heavy atom. The van der Waals surface area contributed by atoms with Gasteiger partial charge in [-0.3, -0.25) is 0 Å². The van der Waals surface area contributed by atoms with Crippen molar-refractivity contribution in [1.82, 2.24) is 10.0 Å². The van der Waals surface area contributed by atoms with Gasteiger partial charge in [-0.1, -0.05) is 12.1 Å². The average Bonchev–Trinajstić information content (AvgIpc) is 3.08. The van der Waals surface area contributed by atoms with Crippen molar-refractivity contribution in [2.45, 2.75) is 30.7 Å². The highest BCUT2D eigenvalue weighted by molar-refractivity contribution is 7.89. The fourth-order valence-electron chi connectivity index (χ4n) is 1.61. The highest BCUT2D eigenvalue weighted by Gasteiger charge is 2.20. The lowest BCUT2D eigenvalue weighted by Crippen LogP contribution is -2.32. The largest absolute Gasteiger partial charge is 0.313 e. The van der Waals surface area contributed by atoms with Gasteiger partial charge in [0.05, 0.1) is 4.90 Å². The normalized spacial score (nSPS) is 16.1. The van der Waals surface area contributed by atoms with E-state index in [0.29, 0.717) is 24.0 Å². The summed E-state index contributed by atoms with van der Waals surface area (Å²) in [7, 11) is -3.35. The van der Waals surface area contributed by atoms with Crippen LogP contribution in [0.1, 0.15) is 18.4 Å². The van der Waals surface area contributed by atoms with Crippen molar-refractivity contribution >= 4 is 10.0 Å². The fraction of sp³-hybridized carbons (Fsp3) is 0.500. The number of hydrogen-bond acceptors (Lipinski definition) is 3. The molecule has 2 N–H and O–H groups in total. The van der Waals surface area contributed by atoms with Gasteiger partial charge in [-0.15, -0.1) is 0 Å². The van der Waals surface area contributed by atoms with Crippen molar-refractivity contribution in [3.05, 3.63) is 29.8 Å². The first-order valence-corrected chi connectivity index (χ1v) is 7.36. The van der Waals surface area contributed by atoms with Crippen molar-refractivity contribution in [3.63, 3.8) is 0 Å². The molecule has 0 aliphatic heterocycles. The zero-order chi connectivity index (χ0) is 12.3. The molecule has 17 heavy (non-hydrogen) atoms. The minimum absolute atomic E-state index is 0.337. The third-order valence-electron chi connectivity index (χ3n) is 2.73. The van der Waals surface area contributed by atoms with E-state index in [2.05, 4.69) is 10.0 Å². The van der Waals surface area contributed by atoms with Crippen LogP contribution in [0.15, 0.2) is 29.2 Å². The Bertz CT molecular complexity index is 481. The molecule has 1 aromatic rings. The van der Waals surface area contributed by atoms with Gasteiger partial charge < -0.3 is 5.32 Å². The molecule has 0 saturated heterocycles. The Kier molecular flexibility index (Phi) is 3.81. The standard InChI is InChI=1S/C12H18N2O2S/c1-10-3-2-4-12(9-10)17(15,16)14-8-7-13-11-5-6-11/h2-4,9,11,13-14H,5-8H2,1H3. The summed E-state index contributed by atoms with van der Waals surface area (Å²) in [6, 6.07) is 7.54. The number of nitrogens with one attached hydrogen (secondary N) is 2.